The lowest BCUT2D eigenvalue weighted by Crippen LogP contribution is -2.53. The van der Waals surface area contributed by atoms with Gasteiger partial charge in [-0.15, -0.1) is 0 Å². The molecule has 0 aromatic heterocycles. The van der Waals surface area contributed by atoms with Gasteiger partial charge in [0, 0.05) is 11.1 Å². The van der Waals surface area contributed by atoms with Gasteiger partial charge in [-0.25, -0.2) is 0 Å². The van der Waals surface area contributed by atoms with E-state index in [4.69, 9.17) is 0 Å². The van der Waals surface area contributed by atoms with Gasteiger partial charge in [0.2, 0.25) is 0 Å². The average Bonchev–Trinajstić information content (AvgIpc) is 2.48. The van der Waals surface area contributed by atoms with Crippen molar-refractivity contribution in [2.45, 2.75) is 51.0 Å². The predicted octanol–water partition coefficient (Wildman–Crippen LogP) is 3.05. The SMILES string of the molecule is CC(=O)c1ccc(C(=O)NC23CCC(CC2)CC3)cc1O. The van der Waals surface area contributed by atoms with Gasteiger partial charge >= 0.3 is 0 Å². The maximum absolute atomic E-state index is 12.4. The number of hydrogen-bond donors (Lipinski definition) is 2. The normalized spacial score (nSPS) is 27.4. The summed E-state index contributed by atoms with van der Waals surface area (Å²) in [5.41, 5.74) is 0.614. The molecule has 21 heavy (non-hydrogen) atoms. The van der Waals surface area contributed by atoms with Crippen LogP contribution in [-0.4, -0.2) is 22.3 Å². The van der Waals surface area contributed by atoms with Crippen LogP contribution in [0.25, 0.3) is 0 Å². The van der Waals surface area contributed by atoms with Crippen molar-refractivity contribution in [1.29, 1.82) is 0 Å². The monoisotopic (exact) mass is 287 g/mol. The molecule has 3 aliphatic carbocycles. The number of fused-ring (bicyclic) bond motifs is 3. The molecular formula is C17H21NO3. The molecule has 0 aliphatic heterocycles. The second-order valence-electron chi connectivity index (χ2n) is 6.50. The van der Waals surface area contributed by atoms with Crippen molar-refractivity contribution < 1.29 is 14.7 Å². The lowest BCUT2D eigenvalue weighted by Gasteiger charge is -2.47. The average molecular weight is 287 g/mol. The van der Waals surface area contributed by atoms with Crippen LogP contribution in [0.5, 0.6) is 5.75 Å². The Bertz CT molecular complexity index is 572. The summed E-state index contributed by atoms with van der Waals surface area (Å²) < 4.78 is 0. The largest absolute Gasteiger partial charge is 0.507 e. The quantitative estimate of drug-likeness (QED) is 0.840. The van der Waals surface area contributed by atoms with E-state index >= 15 is 0 Å². The molecule has 1 aromatic rings. The summed E-state index contributed by atoms with van der Waals surface area (Å²) in [6.07, 6.45) is 6.78. The lowest BCUT2D eigenvalue weighted by molar-refractivity contribution is 0.0713. The number of Topliss-reactive ketones (excluding diaryl/α,β-unsaturated/α-hetero) is 1. The second-order valence-corrected chi connectivity index (χ2v) is 6.50. The van der Waals surface area contributed by atoms with Gasteiger partial charge in [-0.05, 0) is 69.6 Å². The van der Waals surface area contributed by atoms with E-state index in [2.05, 4.69) is 5.32 Å². The molecule has 0 unspecified atom stereocenters. The van der Waals surface area contributed by atoms with E-state index in [9.17, 15) is 14.7 Å². The van der Waals surface area contributed by atoms with Crippen molar-refractivity contribution >= 4 is 11.7 Å². The molecule has 0 saturated heterocycles. The van der Waals surface area contributed by atoms with Crippen LogP contribution < -0.4 is 5.32 Å². The molecule has 2 bridgehead atoms. The molecule has 3 aliphatic rings. The van der Waals surface area contributed by atoms with Crippen molar-refractivity contribution in [3.05, 3.63) is 29.3 Å². The van der Waals surface area contributed by atoms with Crippen LogP contribution in [0, 0.1) is 5.92 Å². The van der Waals surface area contributed by atoms with Gasteiger partial charge in [0.15, 0.2) is 5.78 Å². The fourth-order valence-electron chi connectivity index (χ4n) is 3.72. The van der Waals surface area contributed by atoms with Crippen LogP contribution in [0.3, 0.4) is 0 Å². The zero-order valence-corrected chi connectivity index (χ0v) is 12.3. The molecule has 4 nitrogen and oxygen atoms in total. The molecule has 0 radical (unpaired) electrons. The van der Waals surface area contributed by atoms with E-state index in [1.807, 2.05) is 0 Å². The minimum Gasteiger partial charge on any atom is -0.507 e. The number of ketones is 1. The first-order valence-corrected chi connectivity index (χ1v) is 7.66. The molecule has 0 spiro atoms. The number of phenols is 1. The molecule has 3 fully saturated rings. The van der Waals surface area contributed by atoms with E-state index in [-0.39, 0.29) is 28.5 Å². The zero-order chi connectivity index (χ0) is 15.0. The Morgan fingerprint density at radius 1 is 1.19 bits per heavy atom. The lowest BCUT2D eigenvalue weighted by atomic mass is 9.66. The minimum atomic E-state index is -0.205. The number of carbonyl (C=O) groups excluding carboxylic acids is 2. The smallest absolute Gasteiger partial charge is 0.251 e. The molecule has 2 N–H and O–H groups in total. The van der Waals surface area contributed by atoms with Crippen molar-refractivity contribution in [3.63, 3.8) is 0 Å². The first-order valence-electron chi connectivity index (χ1n) is 7.66. The van der Waals surface area contributed by atoms with Gasteiger partial charge in [-0.3, -0.25) is 9.59 Å². The number of rotatable bonds is 3. The summed E-state index contributed by atoms with van der Waals surface area (Å²) in [6.45, 7) is 1.40. The van der Waals surface area contributed by atoms with Crippen molar-refractivity contribution in [3.8, 4) is 5.75 Å². The maximum atomic E-state index is 12.4. The minimum absolute atomic E-state index is 0.0549. The Morgan fingerprint density at radius 3 is 2.33 bits per heavy atom. The molecule has 1 amide bonds. The summed E-state index contributed by atoms with van der Waals surface area (Å²) >= 11 is 0. The Kier molecular flexibility index (Phi) is 3.47. The summed E-state index contributed by atoms with van der Waals surface area (Å²) in [5, 5.41) is 13.0. The third-order valence-electron chi connectivity index (χ3n) is 5.11. The molecule has 1 aromatic carbocycles. The van der Waals surface area contributed by atoms with E-state index < -0.39 is 0 Å². The fraction of sp³-hybridized carbons (Fsp3) is 0.529. The van der Waals surface area contributed by atoms with Crippen LogP contribution in [0.4, 0.5) is 0 Å². The van der Waals surface area contributed by atoms with E-state index in [0.29, 0.717) is 5.56 Å². The van der Waals surface area contributed by atoms with Gasteiger partial charge < -0.3 is 10.4 Å². The highest BCUT2D eigenvalue weighted by Gasteiger charge is 2.41. The van der Waals surface area contributed by atoms with Crippen LogP contribution in [0.2, 0.25) is 0 Å². The number of hydrogen-bond acceptors (Lipinski definition) is 3. The Balaban J connectivity index is 1.76. The highest BCUT2D eigenvalue weighted by Crippen LogP contribution is 2.44. The van der Waals surface area contributed by atoms with E-state index in [0.717, 1.165) is 25.2 Å². The molecule has 0 heterocycles. The van der Waals surface area contributed by atoms with Crippen molar-refractivity contribution in [2.24, 2.45) is 5.92 Å². The van der Waals surface area contributed by atoms with Gasteiger partial charge in [0.25, 0.3) is 5.91 Å². The molecule has 0 atom stereocenters. The fourth-order valence-corrected chi connectivity index (χ4v) is 3.72. The Morgan fingerprint density at radius 2 is 1.81 bits per heavy atom. The summed E-state index contributed by atoms with van der Waals surface area (Å²) in [6, 6.07) is 4.51. The van der Waals surface area contributed by atoms with E-state index in [1.54, 1.807) is 6.07 Å². The Labute approximate surface area is 124 Å². The van der Waals surface area contributed by atoms with Crippen LogP contribution in [-0.2, 0) is 0 Å². The van der Waals surface area contributed by atoms with Gasteiger partial charge in [-0.2, -0.15) is 0 Å². The number of aromatic hydroxyl groups is 1. The van der Waals surface area contributed by atoms with Crippen LogP contribution in [0.1, 0.15) is 66.2 Å². The highest BCUT2D eigenvalue weighted by molar-refractivity contribution is 6.00. The van der Waals surface area contributed by atoms with Gasteiger partial charge in [0.05, 0.1) is 5.56 Å². The second kappa shape index (κ2) is 5.17. The zero-order valence-electron chi connectivity index (χ0n) is 12.3. The van der Waals surface area contributed by atoms with Gasteiger partial charge in [-0.1, -0.05) is 0 Å². The van der Waals surface area contributed by atoms with Crippen LogP contribution >= 0.6 is 0 Å². The first kappa shape index (κ1) is 14.1. The number of phenolic OH excluding ortho intramolecular Hbond substituents is 1. The first-order chi connectivity index (χ1) is 9.99. The number of amides is 1. The Hall–Kier alpha value is -1.84. The third kappa shape index (κ3) is 2.67. The maximum Gasteiger partial charge on any atom is 0.251 e. The number of carbonyl (C=O) groups is 2. The molecule has 112 valence electrons. The van der Waals surface area contributed by atoms with Crippen LogP contribution in [0.15, 0.2) is 18.2 Å². The summed E-state index contributed by atoms with van der Waals surface area (Å²) in [4.78, 5) is 23.7. The highest BCUT2D eigenvalue weighted by atomic mass is 16.3. The number of benzene rings is 1. The summed E-state index contributed by atoms with van der Waals surface area (Å²) in [7, 11) is 0. The molecule has 4 heteroatoms. The standard InChI is InChI=1S/C17H21NO3/c1-11(19)14-3-2-13(10-15(14)20)16(21)18-17-7-4-12(5-8-17)6-9-17/h2-3,10,12,20H,4-9H2,1H3,(H,18,21). The number of nitrogens with one attached hydrogen (secondary N) is 1. The van der Waals surface area contributed by atoms with E-state index in [1.165, 1.54) is 38.3 Å². The molecular weight excluding hydrogens is 266 g/mol. The topological polar surface area (TPSA) is 66.4 Å². The molecule has 4 rings (SSSR count). The van der Waals surface area contributed by atoms with Crippen molar-refractivity contribution in [1.82, 2.24) is 5.32 Å². The van der Waals surface area contributed by atoms with Crippen molar-refractivity contribution in [2.75, 3.05) is 0 Å². The molecule has 3 saturated carbocycles. The summed E-state index contributed by atoms with van der Waals surface area (Å²) in [5.74, 6) is 0.368. The third-order valence-corrected chi connectivity index (χ3v) is 5.11. The van der Waals surface area contributed by atoms with Gasteiger partial charge in [0.1, 0.15) is 5.75 Å². The predicted molar refractivity (Wildman–Crippen MR) is 79.5 cm³/mol.